The molecule has 2 N–H and O–H groups in total. The monoisotopic (exact) mass is 487 g/mol. The summed E-state index contributed by atoms with van der Waals surface area (Å²) >= 11 is 6.20. The zero-order valence-corrected chi connectivity index (χ0v) is 20.3. The summed E-state index contributed by atoms with van der Waals surface area (Å²) in [6.07, 6.45) is 6.33. The Balaban J connectivity index is 0.00000259. The summed E-state index contributed by atoms with van der Waals surface area (Å²) in [6, 6.07) is 13.0. The number of carbonyl (C=O) groups excluding carboxylic acids is 2. The number of fused-ring (bicyclic) bond motifs is 1. The molecule has 2 aliphatic heterocycles. The number of hydrogen-bond acceptors (Lipinski definition) is 3. The molecule has 2 saturated heterocycles. The molecule has 2 aromatic carbocycles. The van der Waals surface area contributed by atoms with Crippen LogP contribution in [0.25, 0.3) is 0 Å². The van der Waals surface area contributed by atoms with E-state index in [0.29, 0.717) is 10.6 Å². The normalized spacial score (nSPS) is 21.2. The van der Waals surface area contributed by atoms with Gasteiger partial charge in [-0.3, -0.25) is 9.59 Å². The fourth-order valence-corrected chi connectivity index (χ4v) is 5.92. The Morgan fingerprint density at radius 1 is 1.09 bits per heavy atom. The molecule has 0 aromatic heterocycles. The number of aryl methyl sites for hydroxylation is 1. The molecular formula is C26H31Cl2N3O2. The Morgan fingerprint density at radius 2 is 1.88 bits per heavy atom. The molecule has 1 aliphatic carbocycles. The average Bonchev–Trinajstić information content (AvgIpc) is 3.21. The van der Waals surface area contributed by atoms with Gasteiger partial charge in [0.05, 0.1) is 16.6 Å². The van der Waals surface area contributed by atoms with Crippen LogP contribution >= 0.6 is 24.0 Å². The summed E-state index contributed by atoms with van der Waals surface area (Å²) in [7, 11) is 0. The maximum Gasteiger partial charge on any atom is 0.253 e. The standard InChI is InChI=1S/C26H30ClN3O2.ClH/c27-22-5-2-1-4-20(22)24(31)29-23-9-8-18-6-7-19(16-21(18)23)25(32)30-15-3-10-26(17-30)11-13-28-14-12-26;/h1-2,4-7,16,23,28H,3,8-15,17H2,(H,29,31);1H/t23-;/m1./s1. The molecule has 2 fully saturated rings. The topological polar surface area (TPSA) is 61.4 Å². The van der Waals surface area contributed by atoms with E-state index in [1.165, 1.54) is 12.0 Å². The highest BCUT2D eigenvalue weighted by molar-refractivity contribution is 6.33. The quantitative estimate of drug-likeness (QED) is 0.654. The molecule has 33 heavy (non-hydrogen) atoms. The zero-order chi connectivity index (χ0) is 22.1. The Kier molecular flexibility index (Phi) is 7.32. The SMILES string of the molecule is Cl.O=C(N[C@@H]1CCc2ccc(C(=O)N3CCCC4(CCNCC4)C3)cc21)c1ccccc1Cl. The van der Waals surface area contributed by atoms with Crippen molar-refractivity contribution in [2.24, 2.45) is 5.41 Å². The minimum absolute atomic E-state index is 0. The van der Waals surface area contributed by atoms with E-state index in [2.05, 4.69) is 21.6 Å². The van der Waals surface area contributed by atoms with Gasteiger partial charge < -0.3 is 15.5 Å². The van der Waals surface area contributed by atoms with Crippen LogP contribution < -0.4 is 10.6 Å². The number of hydrogen-bond donors (Lipinski definition) is 2. The second-order valence-corrected chi connectivity index (χ2v) is 9.95. The number of nitrogens with one attached hydrogen (secondary N) is 2. The molecule has 7 heteroatoms. The van der Waals surface area contributed by atoms with E-state index in [1.54, 1.807) is 12.1 Å². The van der Waals surface area contributed by atoms with Crippen LogP contribution in [0.5, 0.6) is 0 Å². The van der Waals surface area contributed by atoms with E-state index >= 15 is 0 Å². The third kappa shape index (κ3) is 4.91. The summed E-state index contributed by atoms with van der Waals surface area (Å²) in [5.41, 5.74) is 3.76. The number of likely N-dealkylation sites (tertiary alicyclic amines) is 1. The summed E-state index contributed by atoms with van der Waals surface area (Å²) in [5, 5.41) is 7.03. The van der Waals surface area contributed by atoms with Crippen LogP contribution in [0, 0.1) is 5.41 Å². The van der Waals surface area contributed by atoms with Gasteiger partial charge >= 0.3 is 0 Å². The van der Waals surface area contributed by atoms with E-state index in [-0.39, 0.29) is 35.7 Å². The van der Waals surface area contributed by atoms with Crippen molar-refractivity contribution in [2.45, 2.75) is 44.6 Å². The molecule has 3 aliphatic rings. The maximum atomic E-state index is 13.4. The summed E-state index contributed by atoms with van der Waals surface area (Å²) in [5.74, 6) is -0.0532. The van der Waals surface area contributed by atoms with Crippen molar-refractivity contribution < 1.29 is 9.59 Å². The van der Waals surface area contributed by atoms with Gasteiger partial charge in [0.25, 0.3) is 11.8 Å². The van der Waals surface area contributed by atoms with E-state index in [9.17, 15) is 9.59 Å². The van der Waals surface area contributed by atoms with Crippen molar-refractivity contribution in [3.63, 3.8) is 0 Å². The largest absolute Gasteiger partial charge is 0.345 e. The third-order valence-corrected chi connectivity index (χ3v) is 7.84. The predicted molar refractivity (Wildman–Crippen MR) is 133 cm³/mol. The van der Waals surface area contributed by atoms with E-state index in [4.69, 9.17) is 11.6 Å². The van der Waals surface area contributed by atoms with Crippen molar-refractivity contribution in [3.8, 4) is 0 Å². The van der Waals surface area contributed by atoms with Gasteiger partial charge in [0.15, 0.2) is 0 Å². The van der Waals surface area contributed by atoms with Crippen LogP contribution in [0.3, 0.4) is 0 Å². The fourth-order valence-electron chi connectivity index (χ4n) is 5.70. The molecule has 5 nitrogen and oxygen atoms in total. The predicted octanol–water partition coefficient (Wildman–Crippen LogP) is 4.78. The zero-order valence-electron chi connectivity index (χ0n) is 18.7. The van der Waals surface area contributed by atoms with Crippen LogP contribution in [0.4, 0.5) is 0 Å². The minimum atomic E-state index is -0.172. The lowest BCUT2D eigenvalue weighted by molar-refractivity contribution is 0.0411. The lowest BCUT2D eigenvalue weighted by Gasteiger charge is -2.45. The van der Waals surface area contributed by atoms with E-state index < -0.39 is 0 Å². The summed E-state index contributed by atoms with van der Waals surface area (Å²) in [4.78, 5) is 28.3. The molecule has 0 radical (unpaired) electrons. The molecule has 0 saturated carbocycles. The first kappa shape index (κ1) is 24.1. The van der Waals surface area contributed by atoms with Crippen molar-refractivity contribution in [1.29, 1.82) is 0 Å². The minimum Gasteiger partial charge on any atom is -0.345 e. The van der Waals surface area contributed by atoms with Gasteiger partial charge in [0, 0.05) is 18.7 Å². The molecule has 0 bridgehead atoms. The van der Waals surface area contributed by atoms with Gasteiger partial charge in [-0.2, -0.15) is 0 Å². The Labute approximate surface area is 206 Å². The molecule has 2 heterocycles. The number of amides is 2. The number of piperidine rings is 2. The van der Waals surface area contributed by atoms with E-state index in [0.717, 1.165) is 69.4 Å². The maximum absolute atomic E-state index is 13.4. The van der Waals surface area contributed by atoms with E-state index in [1.807, 2.05) is 24.3 Å². The Morgan fingerprint density at radius 3 is 2.67 bits per heavy atom. The Bertz CT molecular complexity index is 1030. The first-order valence-electron chi connectivity index (χ1n) is 11.7. The highest BCUT2D eigenvalue weighted by Crippen LogP contribution is 2.39. The molecule has 2 amide bonds. The smallest absolute Gasteiger partial charge is 0.253 e. The second-order valence-electron chi connectivity index (χ2n) is 9.54. The van der Waals surface area contributed by atoms with Gasteiger partial charge in [-0.05, 0) is 92.4 Å². The lowest BCUT2D eigenvalue weighted by Crippen LogP contribution is -2.50. The number of halogens is 2. The van der Waals surface area contributed by atoms with Crippen molar-refractivity contribution in [2.75, 3.05) is 26.2 Å². The third-order valence-electron chi connectivity index (χ3n) is 7.51. The molecule has 0 unspecified atom stereocenters. The first-order valence-corrected chi connectivity index (χ1v) is 12.1. The molecule has 2 aromatic rings. The molecule has 5 rings (SSSR count). The number of nitrogens with zero attached hydrogens (tertiary/aromatic N) is 1. The number of rotatable bonds is 3. The van der Waals surface area contributed by atoms with Gasteiger partial charge in [-0.25, -0.2) is 0 Å². The summed E-state index contributed by atoms with van der Waals surface area (Å²) in [6.45, 7) is 3.79. The summed E-state index contributed by atoms with van der Waals surface area (Å²) < 4.78 is 0. The molecule has 176 valence electrons. The molecule has 1 atom stereocenters. The Hall–Kier alpha value is -2.08. The van der Waals surface area contributed by atoms with Gasteiger partial charge in [-0.1, -0.05) is 29.8 Å². The average molecular weight is 488 g/mol. The van der Waals surface area contributed by atoms with Crippen molar-refractivity contribution >= 4 is 35.8 Å². The van der Waals surface area contributed by atoms with Crippen LogP contribution in [-0.2, 0) is 6.42 Å². The lowest BCUT2D eigenvalue weighted by atomic mass is 9.73. The molecule has 1 spiro atoms. The number of carbonyl (C=O) groups is 2. The van der Waals surface area contributed by atoms with Gasteiger partial charge in [0.2, 0.25) is 0 Å². The number of benzene rings is 2. The van der Waals surface area contributed by atoms with Crippen LogP contribution in [-0.4, -0.2) is 42.9 Å². The highest BCUT2D eigenvalue weighted by atomic mass is 35.5. The van der Waals surface area contributed by atoms with Gasteiger partial charge in [-0.15, -0.1) is 12.4 Å². The molecular weight excluding hydrogens is 457 g/mol. The van der Waals surface area contributed by atoms with Crippen LogP contribution in [0.2, 0.25) is 5.02 Å². The second kappa shape index (κ2) is 10.0. The fraction of sp³-hybridized carbons (Fsp3) is 0.462. The first-order chi connectivity index (χ1) is 15.5. The van der Waals surface area contributed by atoms with Gasteiger partial charge in [0.1, 0.15) is 0 Å². The van der Waals surface area contributed by atoms with Crippen molar-refractivity contribution in [3.05, 3.63) is 69.7 Å². The van der Waals surface area contributed by atoms with Crippen LogP contribution in [0.15, 0.2) is 42.5 Å². The van der Waals surface area contributed by atoms with Crippen LogP contribution in [0.1, 0.15) is 70.0 Å². The van der Waals surface area contributed by atoms with Crippen molar-refractivity contribution in [1.82, 2.24) is 15.5 Å². The highest BCUT2D eigenvalue weighted by Gasteiger charge is 2.38.